The van der Waals surface area contributed by atoms with Crippen molar-refractivity contribution in [3.8, 4) is 0 Å². The zero-order valence-electron chi connectivity index (χ0n) is 10.3. The normalized spacial score (nSPS) is 19.4. The molecule has 7 nitrogen and oxygen atoms in total. The predicted molar refractivity (Wildman–Crippen MR) is 69.3 cm³/mol. The Morgan fingerprint density at radius 1 is 1.68 bits per heavy atom. The minimum atomic E-state index is -0.689. The summed E-state index contributed by atoms with van der Waals surface area (Å²) in [5.74, 6) is -0.490. The van der Waals surface area contributed by atoms with Crippen molar-refractivity contribution in [1.82, 2.24) is 15.2 Å². The van der Waals surface area contributed by atoms with Crippen molar-refractivity contribution in [2.45, 2.75) is 12.5 Å². The quantitative estimate of drug-likeness (QED) is 0.510. The zero-order valence-corrected chi connectivity index (χ0v) is 11.1. The number of likely N-dealkylation sites (N-methyl/N-ethyl adjacent to an activating group) is 1. The minimum absolute atomic E-state index is 0.00375. The minimum Gasteiger partial charge on any atom is -0.348 e. The highest BCUT2D eigenvalue weighted by Gasteiger charge is 2.28. The van der Waals surface area contributed by atoms with E-state index in [9.17, 15) is 14.9 Å². The van der Waals surface area contributed by atoms with Gasteiger partial charge in [-0.2, -0.15) is 0 Å². The van der Waals surface area contributed by atoms with Crippen LogP contribution in [0.4, 0.5) is 5.69 Å². The molecule has 0 aliphatic carbocycles. The van der Waals surface area contributed by atoms with Crippen LogP contribution in [0, 0.1) is 10.1 Å². The van der Waals surface area contributed by atoms with E-state index in [-0.39, 0.29) is 16.8 Å². The molecule has 0 bridgehead atoms. The van der Waals surface area contributed by atoms with Crippen LogP contribution in [-0.4, -0.2) is 46.9 Å². The van der Waals surface area contributed by atoms with Gasteiger partial charge in [0, 0.05) is 18.8 Å². The van der Waals surface area contributed by atoms with E-state index in [1.807, 2.05) is 7.05 Å². The lowest BCUT2D eigenvalue weighted by Gasteiger charge is -2.12. The molecule has 1 amide bonds. The van der Waals surface area contributed by atoms with Gasteiger partial charge in [0.1, 0.15) is 5.56 Å². The number of nitrogens with zero attached hydrogens (tertiary/aromatic N) is 3. The Morgan fingerprint density at radius 3 is 3.00 bits per heavy atom. The van der Waals surface area contributed by atoms with Crippen LogP contribution in [0.3, 0.4) is 0 Å². The Hall–Kier alpha value is -1.73. The Kier molecular flexibility index (Phi) is 3.96. The van der Waals surface area contributed by atoms with E-state index in [0.29, 0.717) is 0 Å². The van der Waals surface area contributed by atoms with Crippen molar-refractivity contribution in [3.05, 3.63) is 33.1 Å². The highest BCUT2D eigenvalue weighted by Crippen LogP contribution is 2.26. The van der Waals surface area contributed by atoms with Gasteiger partial charge in [-0.25, -0.2) is 4.98 Å². The number of halogens is 1. The molecule has 1 N–H and O–H groups in total. The van der Waals surface area contributed by atoms with Gasteiger partial charge in [0.2, 0.25) is 5.15 Å². The molecule has 8 heteroatoms. The first-order valence-electron chi connectivity index (χ1n) is 5.77. The molecule has 1 aliphatic rings. The van der Waals surface area contributed by atoms with E-state index in [1.54, 1.807) is 0 Å². The number of carbonyl (C=O) groups excluding carboxylic acids is 1. The smallest absolute Gasteiger partial charge is 0.319 e. The molecule has 1 unspecified atom stereocenters. The first kappa shape index (κ1) is 13.7. The SMILES string of the molecule is CN1CCC(NC(=O)c2ccnc(Cl)c2[N+](=O)[O-])C1. The number of hydrogen-bond acceptors (Lipinski definition) is 5. The van der Waals surface area contributed by atoms with Crippen LogP contribution in [0.2, 0.25) is 5.15 Å². The van der Waals surface area contributed by atoms with Crippen LogP contribution < -0.4 is 5.32 Å². The maximum atomic E-state index is 12.1. The molecule has 19 heavy (non-hydrogen) atoms. The van der Waals surface area contributed by atoms with Crippen LogP contribution in [0.5, 0.6) is 0 Å². The molecule has 1 aromatic rings. The number of nitrogens with one attached hydrogen (secondary N) is 1. The fraction of sp³-hybridized carbons (Fsp3) is 0.455. The van der Waals surface area contributed by atoms with Gasteiger partial charge < -0.3 is 10.2 Å². The molecule has 0 aromatic carbocycles. The zero-order chi connectivity index (χ0) is 14.0. The van der Waals surface area contributed by atoms with E-state index in [1.165, 1.54) is 12.3 Å². The number of hydrogen-bond donors (Lipinski definition) is 1. The summed E-state index contributed by atoms with van der Waals surface area (Å²) in [4.78, 5) is 28.0. The van der Waals surface area contributed by atoms with Gasteiger partial charge in [-0.05, 0) is 26.1 Å². The Bertz CT molecular complexity index is 523. The fourth-order valence-corrected chi connectivity index (χ4v) is 2.33. The summed E-state index contributed by atoms with van der Waals surface area (Å²) in [6, 6.07) is 1.31. The van der Waals surface area contributed by atoms with Crippen LogP contribution in [0.25, 0.3) is 0 Å². The Labute approximate surface area is 114 Å². The molecule has 1 atom stereocenters. The second kappa shape index (κ2) is 5.50. The molecule has 0 saturated carbocycles. The van der Waals surface area contributed by atoms with Crippen molar-refractivity contribution in [2.24, 2.45) is 0 Å². The number of rotatable bonds is 3. The van der Waals surface area contributed by atoms with E-state index >= 15 is 0 Å². The van der Waals surface area contributed by atoms with E-state index in [0.717, 1.165) is 19.5 Å². The number of likely N-dealkylation sites (tertiary alicyclic amines) is 1. The van der Waals surface area contributed by atoms with Gasteiger partial charge in [0.15, 0.2) is 0 Å². The summed E-state index contributed by atoms with van der Waals surface area (Å²) in [7, 11) is 1.96. The Morgan fingerprint density at radius 2 is 2.42 bits per heavy atom. The maximum Gasteiger partial charge on any atom is 0.319 e. The number of nitro groups is 1. The first-order chi connectivity index (χ1) is 8.99. The maximum absolute atomic E-state index is 12.1. The standard InChI is InChI=1S/C11H13ClN4O3/c1-15-5-3-7(6-15)14-11(17)8-2-4-13-10(12)9(8)16(18)19/h2,4,7H,3,5-6H2,1H3,(H,14,17). The van der Waals surface area contributed by atoms with Gasteiger partial charge in [0.05, 0.1) is 4.92 Å². The van der Waals surface area contributed by atoms with Crippen LogP contribution in [0.15, 0.2) is 12.3 Å². The van der Waals surface area contributed by atoms with Crippen molar-refractivity contribution in [1.29, 1.82) is 0 Å². The number of pyridine rings is 1. The fourth-order valence-electron chi connectivity index (χ4n) is 2.10. The summed E-state index contributed by atoms with van der Waals surface area (Å²) < 4.78 is 0. The molecule has 1 saturated heterocycles. The lowest BCUT2D eigenvalue weighted by atomic mass is 10.2. The first-order valence-corrected chi connectivity index (χ1v) is 6.15. The van der Waals surface area contributed by atoms with E-state index in [4.69, 9.17) is 11.6 Å². The van der Waals surface area contributed by atoms with Crippen LogP contribution >= 0.6 is 11.6 Å². The average Bonchev–Trinajstić information content (AvgIpc) is 2.73. The van der Waals surface area contributed by atoms with Crippen molar-refractivity contribution in [2.75, 3.05) is 20.1 Å². The van der Waals surface area contributed by atoms with Gasteiger partial charge in [-0.3, -0.25) is 14.9 Å². The highest BCUT2D eigenvalue weighted by molar-refractivity contribution is 6.32. The summed E-state index contributed by atoms with van der Waals surface area (Å²) in [6.45, 7) is 1.63. The van der Waals surface area contributed by atoms with Crippen LogP contribution in [0.1, 0.15) is 16.8 Å². The average molecular weight is 285 g/mol. The monoisotopic (exact) mass is 284 g/mol. The molecule has 102 valence electrons. The number of carbonyl (C=O) groups is 1. The third-order valence-corrected chi connectivity index (χ3v) is 3.31. The third-order valence-electron chi connectivity index (χ3n) is 3.03. The second-order valence-electron chi connectivity index (χ2n) is 4.48. The van der Waals surface area contributed by atoms with E-state index in [2.05, 4.69) is 15.2 Å². The lowest BCUT2D eigenvalue weighted by molar-refractivity contribution is -0.385. The second-order valence-corrected chi connectivity index (χ2v) is 4.83. The number of aromatic nitrogens is 1. The van der Waals surface area contributed by atoms with E-state index < -0.39 is 16.5 Å². The van der Waals surface area contributed by atoms with Gasteiger partial charge in [-0.1, -0.05) is 11.6 Å². The van der Waals surface area contributed by atoms with Crippen molar-refractivity contribution in [3.63, 3.8) is 0 Å². The molecule has 1 aliphatic heterocycles. The lowest BCUT2D eigenvalue weighted by Crippen LogP contribution is -2.36. The van der Waals surface area contributed by atoms with Gasteiger partial charge in [-0.15, -0.1) is 0 Å². The molecule has 1 aromatic heterocycles. The molecular formula is C11H13ClN4O3. The van der Waals surface area contributed by atoms with Gasteiger partial charge >= 0.3 is 5.69 Å². The van der Waals surface area contributed by atoms with Crippen molar-refractivity contribution >= 4 is 23.2 Å². The summed E-state index contributed by atoms with van der Waals surface area (Å²) >= 11 is 5.67. The van der Waals surface area contributed by atoms with Crippen LogP contribution in [-0.2, 0) is 0 Å². The largest absolute Gasteiger partial charge is 0.348 e. The summed E-state index contributed by atoms with van der Waals surface area (Å²) in [5.41, 5.74) is -0.507. The summed E-state index contributed by atoms with van der Waals surface area (Å²) in [5, 5.41) is 13.4. The molecule has 1 fully saturated rings. The summed E-state index contributed by atoms with van der Waals surface area (Å²) in [6.07, 6.45) is 2.11. The molecule has 2 rings (SSSR count). The number of amides is 1. The van der Waals surface area contributed by atoms with Crippen molar-refractivity contribution < 1.29 is 9.72 Å². The molecular weight excluding hydrogens is 272 g/mol. The van der Waals surface area contributed by atoms with Gasteiger partial charge in [0.25, 0.3) is 5.91 Å². The Balaban J connectivity index is 2.19. The third kappa shape index (κ3) is 2.99. The topological polar surface area (TPSA) is 88.4 Å². The molecule has 0 radical (unpaired) electrons. The molecule has 0 spiro atoms. The predicted octanol–water partition coefficient (Wildman–Crippen LogP) is 1.08. The molecule has 2 heterocycles. The highest BCUT2D eigenvalue weighted by atomic mass is 35.5.